The van der Waals surface area contributed by atoms with Gasteiger partial charge in [-0.3, -0.25) is 0 Å². The van der Waals surface area contributed by atoms with E-state index in [0.29, 0.717) is 0 Å². The van der Waals surface area contributed by atoms with Crippen LogP contribution >= 0.6 is 0 Å². The van der Waals surface area contributed by atoms with Crippen molar-refractivity contribution >= 4 is 0 Å². The fourth-order valence-electron chi connectivity index (χ4n) is 0.352. The van der Waals surface area contributed by atoms with Gasteiger partial charge < -0.3 is 10.1 Å². The van der Waals surface area contributed by atoms with Crippen LogP contribution in [0, 0.1) is 11.3 Å². The first-order valence-corrected chi connectivity index (χ1v) is 1.89. The summed E-state index contributed by atoms with van der Waals surface area (Å²) in [6.45, 7) is 0. The number of nitrogens with one attached hydrogen (secondary N) is 1. The lowest BCUT2D eigenvalue weighted by Crippen LogP contribution is -2.17. The number of rotatable bonds is 0. The predicted molar refractivity (Wildman–Crippen MR) is 22.8 cm³/mol. The van der Waals surface area contributed by atoms with Gasteiger partial charge in [-0.25, -0.2) is 0 Å². The lowest BCUT2D eigenvalue weighted by atomic mass is 10.7. The molecule has 1 N–H and O–H groups in total. The summed E-state index contributed by atoms with van der Waals surface area (Å²) in [5.41, 5.74) is 0. The molecule has 0 amide bonds. The number of hydrogen-bond donors (Lipinski definition) is 1. The molecule has 1 aliphatic rings. The Hall–Kier alpha value is -1.17. The first-order valence-electron chi connectivity index (χ1n) is 1.89. The molecule has 1 aliphatic heterocycles. The van der Waals surface area contributed by atoms with E-state index in [2.05, 4.69) is 10.1 Å². The summed E-state index contributed by atoms with van der Waals surface area (Å²) < 4.78 is 4.65. The first kappa shape index (κ1) is 4.00. The van der Waals surface area contributed by atoms with E-state index in [1.54, 1.807) is 6.20 Å². The zero-order valence-electron chi connectivity index (χ0n) is 3.59. The summed E-state index contributed by atoms with van der Waals surface area (Å²) in [6, 6.07) is 1.87. The molecular formula is C4H4N2O. The van der Waals surface area contributed by atoms with Crippen molar-refractivity contribution in [2.45, 2.75) is 6.23 Å². The maximum absolute atomic E-state index is 8.09. The van der Waals surface area contributed by atoms with Crippen molar-refractivity contribution in [2.24, 2.45) is 0 Å². The summed E-state index contributed by atoms with van der Waals surface area (Å²) in [5, 5.41) is 10.7. The summed E-state index contributed by atoms with van der Waals surface area (Å²) in [6.07, 6.45) is 2.59. The molecule has 3 nitrogen and oxygen atoms in total. The molecule has 36 valence electrons. The molecule has 0 fully saturated rings. The lowest BCUT2D eigenvalue weighted by Gasteiger charge is -1.96. The number of nitrogens with zero attached hydrogens (tertiary/aromatic N) is 1. The third kappa shape index (κ3) is 0.631. The van der Waals surface area contributed by atoms with E-state index in [-0.39, 0.29) is 0 Å². The van der Waals surface area contributed by atoms with Crippen LogP contribution in [0.1, 0.15) is 0 Å². The third-order valence-electron chi connectivity index (χ3n) is 0.648. The van der Waals surface area contributed by atoms with Gasteiger partial charge in [-0.15, -0.1) is 0 Å². The van der Waals surface area contributed by atoms with Crippen LogP contribution in [0.25, 0.3) is 0 Å². The van der Waals surface area contributed by atoms with Gasteiger partial charge in [0, 0.05) is 6.20 Å². The molecule has 0 aliphatic carbocycles. The van der Waals surface area contributed by atoms with Crippen LogP contribution in [-0.4, -0.2) is 6.23 Å². The Morgan fingerprint density at radius 2 is 2.71 bits per heavy atom. The molecule has 0 aromatic heterocycles. The van der Waals surface area contributed by atoms with Crippen molar-refractivity contribution < 1.29 is 4.74 Å². The van der Waals surface area contributed by atoms with Gasteiger partial charge >= 0.3 is 0 Å². The Morgan fingerprint density at radius 3 is 3.00 bits per heavy atom. The Labute approximate surface area is 41.2 Å². The van der Waals surface area contributed by atoms with Gasteiger partial charge in [0.05, 0.1) is 0 Å². The molecule has 1 unspecified atom stereocenters. The van der Waals surface area contributed by atoms with Gasteiger partial charge in [0.25, 0.3) is 6.23 Å². The summed E-state index contributed by atoms with van der Waals surface area (Å²) in [7, 11) is 0. The second-order valence-corrected chi connectivity index (χ2v) is 1.11. The predicted octanol–water partition coefficient (Wildman–Crippen LogP) is -0.0729. The molecule has 0 bridgehead atoms. The Morgan fingerprint density at radius 1 is 1.86 bits per heavy atom. The zero-order valence-corrected chi connectivity index (χ0v) is 3.59. The molecule has 0 radical (unpaired) electrons. The van der Waals surface area contributed by atoms with Crippen LogP contribution in [0.3, 0.4) is 0 Å². The van der Waals surface area contributed by atoms with Gasteiger partial charge in [-0.1, -0.05) is 0 Å². The molecular weight excluding hydrogens is 92.1 g/mol. The SMILES string of the molecule is N#CC1NC=CO1. The van der Waals surface area contributed by atoms with Crippen molar-refractivity contribution in [1.29, 1.82) is 5.26 Å². The minimum absolute atomic E-state index is 0.458. The summed E-state index contributed by atoms with van der Waals surface area (Å²) in [5.74, 6) is 0. The van der Waals surface area contributed by atoms with Gasteiger partial charge in [0.15, 0.2) is 0 Å². The molecule has 0 aromatic rings. The normalized spacial score (nSPS) is 25.3. The van der Waals surface area contributed by atoms with E-state index < -0.39 is 6.23 Å². The largest absolute Gasteiger partial charge is 0.463 e. The molecule has 1 atom stereocenters. The van der Waals surface area contributed by atoms with Crippen molar-refractivity contribution in [3.63, 3.8) is 0 Å². The van der Waals surface area contributed by atoms with Crippen molar-refractivity contribution in [1.82, 2.24) is 5.32 Å². The van der Waals surface area contributed by atoms with Crippen LogP contribution < -0.4 is 5.32 Å². The van der Waals surface area contributed by atoms with Gasteiger partial charge in [0.1, 0.15) is 12.3 Å². The van der Waals surface area contributed by atoms with Crippen LogP contribution in [0.2, 0.25) is 0 Å². The Kier molecular flexibility index (Phi) is 0.868. The molecule has 0 spiro atoms. The van der Waals surface area contributed by atoms with E-state index in [4.69, 9.17) is 5.26 Å². The maximum Gasteiger partial charge on any atom is 0.257 e. The highest BCUT2D eigenvalue weighted by Crippen LogP contribution is 1.92. The van der Waals surface area contributed by atoms with Crippen molar-refractivity contribution in [3.05, 3.63) is 12.5 Å². The molecule has 0 saturated heterocycles. The van der Waals surface area contributed by atoms with Gasteiger partial charge in [0.2, 0.25) is 0 Å². The second-order valence-electron chi connectivity index (χ2n) is 1.11. The van der Waals surface area contributed by atoms with Crippen LogP contribution in [0.15, 0.2) is 12.5 Å². The van der Waals surface area contributed by atoms with E-state index in [1.165, 1.54) is 6.26 Å². The van der Waals surface area contributed by atoms with Crippen molar-refractivity contribution in [2.75, 3.05) is 0 Å². The first-order chi connectivity index (χ1) is 3.43. The quantitative estimate of drug-likeness (QED) is 0.459. The molecule has 0 aromatic carbocycles. The maximum atomic E-state index is 8.09. The van der Waals surface area contributed by atoms with Gasteiger partial charge in [-0.2, -0.15) is 5.26 Å². The zero-order chi connectivity index (χ0) is 5.11. The van der Waals surface area contributed by atoms with Crippen molar-refractivity contribution in [3.8, 4) is 6.07 Å². The average Bonchev–Trinajstić information content (AvgIpc) is 2.14. The van der Waals surface area contributed by atoms with Crippen LogP contribution in [0.5, 0.6) is 0 Å². The van der Waals surface area contributed by atoms with Crippen LogP contribution in [-0.2, 0) is 4.74 Å². The monoisotopic (exact) mass is 96.0 g/mol. The van der Waals surface area contributed by atoms with E-state index in [0.717, 1.165) is 0 Å². The molecule has 1 heterocycles. The fourth-order valence-corrected chi connectivity index (χ4v) is 0.352. The molecule has 1 rings (SSSR count). The number of nitriles is 1. The number of hydrogen-bond acceptors (Lipinski definition) is 3. The number of ether oxygens (including phenoxy) is 1. The summed E-state index contributed by atoms with van der Waals surface area (Å²) in [4.78, 5) is 0. The topological polar surface area (TPSA) is 45.0 Å². The van der Waals surface area contributed by atoms with E-state index in [1.807, 2.05) is 6.07 Å². The highest BCUT2D eigenvalue weighted by Gasteiger charge is 2.04. The molecule has 0 saturated carbocycles. The third-order valence-corrected chi connectivity index (χ3v) is 0.648. The highest BCUT2D eigenvalue weighted by atomic mass is 16.5. The standard InChI is InChI=1S/C4H4N2O/c5-3-4-6-1-2-7-4/h1-2,4,6H. The Balaban J connectivity index is 2.39. The van der Waals surface area contributed by atoms with E-state index in [9.17, 15) is 0 Å². The molecule has 7 heavy (non-hydrogen) atoms. The lowest BCUT2D eigenvalue weighted by molar-refractivity contribution is 0.204. The van der Waals surface area contributed by atoms with Crippen LogP contribution in [0.4, 0.5) is 0 Å². The minimum atomic E-state index is -0.458. The Bertz CT molecular complexity index is 116. The molecule has 3 heteroatoms. The summed E-state index contributed by atoms with van der Waals surface area (Å²) >= 11 is 0. The fraction of sp³-hybridized carbons (Fsp3) is 0.250. The smallest absolute Gasteiger partial charge is 0.257 e. The second kappa shape index (κ2) is 1.52. The minimum Gasteiger partial charge on any atom is -0.463 e. The average molecular weight is 96.1 g/mol. The van der Waals surface area contributed by atoms with Gasteiger partial charge in [-0.05, 0) is 0 Å². The highest BCUT2D eigenvalue weighted by molar-refractivity contribution is 4.93. The van der Waals surface area contributed by atoms with E-state index >= 15 is 0 Å².